The summed E-state index contributed by atoms with van der Waals surface area (Å²) < 4.78 is 0. The number of benzene rings is 1. The Morgan fingerprint density at radius 2 is 2.10 bits per heavy atom. The molecule has 0 unspecified atom stereocenters. The van der Waals surface area contributed by atoms with Gasteiger partial charge in [-0.25, -0.2) is 9.78 Å². The number of halogens is 2. The second kappa shape index (κ2) is 6.43. The van der Waals surface area contributed by atoms with E-state index in [0.29, 0.717) is 20.7 Å². The van der Waals surface area contributed by atoms with Gasteiger partial charge in [-0.05, 0) is 25.1 Å². The number of amides is 1. The largest absolute Gasteiger partial charge is 0.476 e. The highest BCUT2D eigenvalue weighted by atomic mass is 35.5. The average Bonchev–Trinajstić information content (AvgIpc) is 2.91. The molecule has 1 amide bonds. The lowest BCUT2D eigenvalue weighted by Gasteiger charge is -2.11. The van der Waals surface area contributed by atoms with Crippen molar-refractivity contribution in [3.8, 4) is 0 Å². The molecule has 0 fully saturated rings. The van der Waals surface area contributed by atoms with E-state index in [2.05, 4.69) is 10.3 Å². The Labute approximate surface area is 134 Å². The highest BCUT2D eigenvalue weighted by Crippen LogP contribution is 2.27. The number of hydrogen-bond acceptors (Lipinski definition) is 4. The van der Waals surface area contributed by atoms with Crippen LogP contribution in [0.2, 0.25) is 10.0 Å². The molecule has 0 aliphatic rings. The molecule has 1 heterocycles. The number of thiazole rings is 1. The summed E-state index contributed by atoms with van der Waals surface area (Å²) >= 11 is 12.9. The van der Waals surface area contributed by atoms with E-state index in [0.717, 1.165) is 11.3 Å². The van der Waals surface area contributed by atoms with E-state index < -0.39 is 11.9 Å². The van der Waals surface area contributed by atoms with Gasteiger partial charge in [-0.2, -0.15) is 0 Å². The third-order valence-corrected chi connectivity index (χ3v) is 4.28. The first-order valence-corrected chi connectivity index (χ1v) is 7.46. The topological polar surface area (TPSA) is 79.3 Å². The minimum Gasteiger partial charge on any atom is -0.476 e. The molecule has 1 atom stereocenters. The number of nitrogens with zero attached hydrogens (tertiary/aromatic N) is 1. The molecule has 110 valence electrons. The average molecular weight is 345 g/mol. The molecule has 2 N–H and O–H groups in total. The molecule has 1 aromatic carbocycles. The Morgan fingerprint density at radius 1 is 1.38 bits per heavy atom. The van der Waals surface area contributed by atoms with Crippen LogP contribution in [0.25, 0.3) is 0 Å². The molecular formula is C13H10Cl2N2O3S. The number of hydrogen-bond donors (Lipinski definition) is 2. The number of aromatic carboxylic acids is 1. The standard InChI is InChI=1S/C13H10Cl2N2O3S/c1-6(12-17-10(5-21-12)13(19)20)11(18)16-9-4-7(14)2-3-8(9)15/h2-6H,1H3,(H,16,18)(H,19,20)/t6-/m0/s1. The zero-order chi connectivity index (χ0) is 15.6. The van der Waals surface area contributed by atoms with E-state index >= 15 is 0 Å². The van der Waals surface area contributed by atoms with Gasteiger partial charge in [0.05, 0.1) is 16.6 Å². The predicted octanol–water partition coefficient (Wildman–Crippen LogP) is 3.89. The maximum atomic E-state index is 12.2. The van der Waals surface area contributed by atoms with E-state index in [1.54, 1.807) is 25.1 Å². The van der Waals surface area contributed by atoms with Crippen LogP contribution < -0.4 is 5.32 Å². The van der Waals surface area contributed by atoms with Crippen molar-refractivity contribution in [2.75, 3.05) is 5.32 Å². The molecule has 21 heavy (non-hydrogen) atoms. The van der Waals surface area contributed by atoms with Crippen LogP contribution in [0.15, 0.2) is 23.6 Å². The third-order valence-electron chi connectivity index (χ3n) is 2.69. The van der Waals surface area contributed by atoms with Crippen LogP contribution in [-0.4, -0.2) is 22.0 Å². The van der Waals surface area contributed by atoms with E-state index in [1.807, 2.05) is 0 Å². The first kappa shape index (κ1) is 15.8. The fourth-order valence-corrected chi connectivity index (χ4v) is 2.72. The summed E-state index contributed by atoms with van der Waals surface area (Å²) in [7, 11) is 0. The van der Waals surface area contributed by atoms with Crippen molar-refractivity contribution in [2.45, 2.75) is 12.8 Å². The van der Waals surface area contributed by atoms with E-state index in [-0.39, 0.29) is 11.6 Å². The van der Waals surface area contributed by atoms with Crippen LogP contribution in [0.5, 0.6) is 0 Å². The summed E-state index contributed by atoms with van der Waals surface area (Å²) in [4.78, 5) is 26.9. The van der Waals surface area contributed by atoms with Gasteiger partial charge in [0.2, 0.25) is 5.91 Å². The summed E-state index contributed by atoms with van der Waals surface area (Å²) in [5, 5.41) is 14.1. The predicted molar refractivity (Wildman–Crippen MR) is 82.6 cm³/mol. The molecule has 2 rings (SSSR count). The van der Waals surface area contributed by atoms with Crippen molar-refractivity contribution >= 4 is 52.1 Å². The maximum absolute atomic E-state index is 12.2. The number of carboxylic acid groups (broad SMARTS) is 1. The molecule has 5 nitrogen and oxygen atoms in total. The molecule has 0 saturated carbocycles. The Kier molecular flexibility index (Phi) is 4.82. The first-order chi connectivity index (χ1) is 9.88. The van der Waals surface area contributed by atoms with Crippen molar-refractivity contribution < 1.29 is 14.7 Å². The van der Waals surface area contributed by atoms with Gasteiger partial charge < -0.3 is 10.4 Å². The minimum atomic E-state index is -1.12. The Balaban J connectivity index is 2.15. The highest BCUT2D eigenvalue weighted by Gasteiger charge is 2.21. The van der Waals surface area contributed by atoms with Gasteiger partial charge in [0.15, 0.2) is 5.69 Å². The maximum Gasteiger partial charge on any atom is 0.355 e. The lowest BCUT2D eigenvalue weighted by molar-refractivity contribution is -0.117. The molecule has 0 aliphatic heterocycles. The number of rotatable bonds is 4. The second-order valence-corrected chi connectivity index (χ2v) is 5.94. The fraction of sp³-hybridized carbons (Fsp3) is 0.154. The Bertz CT molecular complexity index is 702. The van der Waals surface area contributed by atoms with Crippen LogP contribution in [0.3, 0.4) is 0 Å². The van der Waals surface area contributed by atoms with E-state index in [9.17, 15) is 9.59 Å². The van der Waals surface area contributed by atoms with Gasteiger partial charge in [0.25, 0.3) is 0 Å². The highest BCUT2D eigenvalue weighted by molar-refractivity contribution is 7.10. The van der Waals surface area contributed by atoms with Crippen LogP contribution in [-0.2, 0) is 4.79 Å². The number of anilines is 1. The molecule has 1 aromatic heterocycles. The molecular weight excluding hydrogens is 335 g/mol. The second-order valence-electron chi connectivity index (χ2n) is 4.21. The van der Waals surface area contributed by atoms with Gasteiger partial charge in [0.1, 0.15) is 5.01 Å². The monoisotopic (exact) mass is 344 g/mol. The number of carboxylic acids is 1. The smallest absolute Gasteiger partial charge is 0.355 e. The number of carbonyl (C=O) groups excluding carboxylic acids is 1. The summed E-state index contributed by atoms with van der Waals surface area (Å²) in [5.41, 5.74) is 0.325. The van der Waals surface area contributed by atoms with Gasteiger partial charge in [-0.15, -0.1) is 11.3 Å². The molecule has 0 radical (unpaired) electrons. The number of nitrogens with one attached hydrogen (secondary N) is 1. The van der Waals surface area contributed by atoms with Crippen molar-refractivity contribution in [1.29, 1.82) is 0 Å². The summed E-state index contributed by atoms with van der Waals surface area (Å²) in [6, 6.07) is 4.73. The van der Waals surface area contributed by atoms with Crippen LogP contribution in [0.4, 0.5) is 5.69 Å². The molecule has 2 aromatic rings. The van der Waals surface area contributed by atoms with E-state index in [4.69, 9.17) is 28.3 Å². The molecule has 0 aliphatic carbocycles. The molecule has 8 heteroatoms. The van der Waals surface area contributed by atoms with Crippen LogP contribution >= 0.6 is 34.5 Å². The fourth-order valence-electron chi connectivity index (χ4n) is 1.53. The SMILES string of the molecule is C[C@@H](C(=O)Nc1cc(Cl)ccc1Cl)c1nc(C(=O)O)cs1. The summed E-state index contributed by atoms with van der Waals surface area (Å²) in [6.45, 7) is 1.64. The summed E-state index contributed by atoms with van der Waals surface area (Å²) in [5.74, 6) is -2.06. The quantitative estimate of drug-likeness (QED) is 0.881. The van der Waals surface area contributed by atoms with Crippen LogP contribution in [0.1, 0.15) is 28.3 Å². The third kappa shape index (κ3) is 3.72. The number of carbonyl (C=O) groups is 2. The lowest BCUT2D eigenvalue weighted by atomic mass is 10.1. The zero-order valence-electron chi connectivity index (χ0n) is 10.8. The normalized spacial score (nSPS) is 12.0. The Morgan fingerprint density at radius 3 is 2.71 bits per heavy atom. The van der Waals surface area contributed by atoms with Crippen molar-refractivity contribution in [2.24, 2.45) is 0 Å². The zero-order valence-corrected chi connectivity index (χ0v) is 13.1. The van der Waals surface area contributed by atoms with E-state index in [1.165, 1.54) is 5.38 Å². The lowest BCUT2D eigenvalue weighted by Crippen LogP contribution is -2.19. The molecule has 0 spiro atoms. The summed E-state index contributed by atoms with van der Waals surface area (Å²) in [6.07, 6.45) is 0. The van der Waals surface area contributed by atoms with Crippen LogP contribution in [0, 0.1) is 0 Å². The number of aromatic nitrogens is 1. The minimum absolute atomic E-state index is 0.0737. The van der Waals surface area contributed by atoms with Crippen molar-refractivity contribution in [3.05, 3.63) is 44.3 Å². The van der Waals surface area contributed by atoms with Gasteiger partial charge >= 0.3 is 5.97 Å². The van der Waals surface area contributed by atoms with Crippen molar-refractivity contribution in [1.82, 2.24) is 4.98 Å². The van der Waals surface area contributed by atoms with Gasteiger partial charge in [-0.3, -0.25) is 4.79 Å². The van der Waals surface area contributed by atoms with Crippen molar-refractivity contribution in [3.63, 3.8) is 0 Å². The van der Waals surface area contributed by atoms with Gasteiger partial charge in [0, 0.05) is 10.4 Å². The first-order valence-electron chi connectivity index (χ1n) is 5.83. The molecule has 0 bridgehead atoms. The Hall–Kier alpha value is -1.63. The van der Waals surface area contributed by atoms with Gasteiger partial charge in [-0.1, -0.05) is 23.2 Å². The molecule has 0 saturated heterocycles.